The third kappa shape index (κ3) is 2.45. The first-order chi connectivity index (χ1) is 6.68. The van der Waals surface area contributed by atoms with E-state index in [1.807, 2.05) is 12.1 Å². The normalized spacial score (nSPS) is 18.1. The van der Waals surface area contributed by atoms with Crippen molar-refractivity contribution in [2.75, 3.05) is 12.3 Å². The maximum absolute atomic E-state index is 5.56. The van der Waals surface area contributed by atoms with Crippen LogP contribution in [0.15, 0.2) is 18.3 Å². The molecule has 14 heavy (non-hydrogen) atoms. The van der Waals surface area contributed by atoms with Gasteiger partial charge in [0.25, 0.3) is 0 Å². The lowest BCUT2D eigenvalue weighted by Crippen LogP contribution is -2.29. The van der Waals surface area contributed by atoms with E-state index >= 15 is 0 Å². The maximum Gasteiger partial charge on any atom is 0.0501 e. The monoisotopic (exact) mass is 191 g/mol. The van der Waals surface area contributed by atoms with Gasteiger partial charge in [0, 0.05) is 24.2 Å². The van der Waals surface area contributed by atoms with Gasteiger partial charge in [0.1, 0.15) is 0 Å². The lowest BCUT2D eigenvalue weighted by atomic mass is 10.2. The molecular weight excluding hydrogens is 174 g/mol. The molecule has 3 heteroatoms. The van der Waals surface area contributed by atoms with Crippen LogP contribution < -0.4 is 11.1 Å². The van der Waals surface area contributed by atoms with Crippen LogP contribution in [0.5, 0.6) is 0 Å². The molecule has 0 bridgehead atoms. The van der Waals surface area contributed by atoms with Crippen molar-refractivity contribution in [3.63, 3.8) is 0 Å². The maximum atomic E-state index is 5.56. The molecule has 1 aromatic heterocycles. The number of nitrogen functional groups attached to an aromatic ring is 1. The largest absolute Gasteiger partial charge is 0.397 e. The zero-order valence-corrected chi connectivity index (χ0v) is 8.59. The van der Waals surface area contributed by atoms with E-state index in [-0.39, 0.29) is 0 Å². The highest BCUT2D eigenvalue weighted by atomic mass is 15.0. The number of aromatic nitrogens is 1. The van der Waals surface area contributed by atoms with Gasteiger partial charge >= 0.3 is 0 Å². The third-order valence-corrected chi connectivity index (χ3v) is 2.78. The average molecular weight is 191 g/mol. The minimum atomic E-state index is 0.424. The van der Waals surface area contributed by atoms with E-state index in [1.165, 1.54) is 12.8 Å². The zero-order valence-electron chi connectivity index (χ0n) is 8.59. The number of anilines is 1. The Morgan fingerprint density at radius 1 is 1.50 bits per heavy atom. The second-order valence-electron chi connectivity index (χ2n) is 4.32. The second kappa shape index (κ2) is 3.58. The van der Waals surface area contributed by atoms with Crippen LogP contribution in [0.2, 0.25) is 0 Å². The summed E-state index contributed by atoms with van der Waals surface area (Å²) >= 11 is 0. The van der Waals surface area contributed by atoms with Gasteiger partial charge < -0.3 is 11.1 Å². The van der Waals surface area contributed by atoms with Gasteiger partial charge in [0.15, 0.2) is 0 Å². The van der Waals surface area contributed by atoms with E-state index in [0.29, 0.717) is 5.54 Å². The molecule has 1 aromatic rings. The van der Waals surface area contributed by atoms with Crippen molar-refractivity contribution in [2.45, 2.75) is 31.7 Å². The Kier molecular flexibility index (Phi) is 2.42. The standard InChI is InChI=1S/C11H17N3/c1-11(5-6-11)14-7-4-10-3-2-9(12)8-13-10/h2-3,8,14H,4-7,12H2,1H3. The molecule has 1 aliphatic carbocycles. The van der Waals surface area contributed by atoms with Gasteiger partial charge in [-0.25, -0.2) is 0 Å². The molecule has 1 saturated carbocycles. The predicted molar refractivity (Wildman–Crippen MR) is 58.0 cm³/mol. The van der Waals surface area contributed by atoms with Crippen LogP contribution in [0.25, 0.3) is 0 Å². The van der Waals surface area contributed by atoms with E-state index < -0.39 is 0 Å². The van der Waals surface area contributed by atoms with E-state index in [1.54, 1.807) is 6.20 Å². The molecule has 76 valence electrons. The summed E-state index contributed by atoms with van der Waals surface area (Å²) in [6.07, 6.45) is 5.31. The molecule has 0 radical (unpaired) electrons. The van der Waals surface area contributed by atoms with Gasteiger partial charge in [-0.3, -0.25) is 4.98 Å². The third-order valence-electron chi connectivity index (χ3n) is 2.78. The number of hydrogen-bond acceptors (Lipinski definition) is 3. The van der Waals surface area contributed by atoms with Crippen molar-refractivity contribution < 1.29 is 0 Å². The summed E-state index contributed by atoms with van der Waals surface area (Å²) in [6.45, 7) is 3.27. The van der Waals surface area contributed by atoms with Gasteiger partial charge in [-0.2, -0.15) is 0 Å². The molecule has 1 fully saturated rings. The van der Waals surface area contributed by atoms with Crippen LogP contribution >= 0.6 is 0 Å². The molecule has 0 spiro atoms. The van der Waals surface area contributed by atoms with Crippen LogP contribution in [0.1, 0.15) is 25.5 Å². The highest BCUT2D eigenvalue weighted by Gasteiger charge is 2.35. The molecule has 3 nitrogen and oxygen atoms in total. The summed E-state index contributed by atoms with van der Waals surface area (Å²) in [5.41, 5.74) is 7.82. The lowest BCUT2D eigenvalue weighted by Gasteiger charge is -2.10. The summed E-state index contributed by atoms with van der Waals surface area (Å²) in [6, 6.07) is 3.90. The van der Waals surface area contributed by atoms with Crippen LogP contribution in [-0.4, -0.2) is 17.1 Å². The number of rotatable bonds is 4. The molecule has 0 aliphatic heterocycles. The van der Waals surface area contributed by atoms with Gasteiger partial charge in [-0.1, -0.05) is 0 Å². The molecular formula is C11H17N3. The number of nitrogens with two attached hydrogens (primary N) is 1. The highest BCUT2D eigenvalue weighted by molar-refractivity contribution is 5.34. The van der Waals surface area contributed by atoms with E-state index in [0.717, 1.165) is 24.3 Å². The quantitative estimate of drug-likeness (QED) is 0.755. The first-order valence-corrected chi connectivity index (χ1v) is 5.13. The SMILES string of the molecule is CC1(NCCc2ccc(N)cn2)CC1. The molecule has 2 rings (SSSR count). The van der Waals surface area contributed by atoms with Gasteiger partial charge in [0.05, 0.1) is 11.9 Å². The summed E-state index contributed by atoms with van der Waals surface area (Å²) in [5.74, 6) is 0. The fraction of sp³-hybridized carbons (Fsp3) is 0.545. The van der Waals surface area contributed by atoms with Crippen LogP contribution in [-0.2, 0) is 6.42 Å². The molecule has 0 saturated heterocycles. The van der Waals surface area contributed by atoms with Crippen molar-refractivity contribution in [3.05, 3.63) is 24.0 Å². The van der Waals surface area contributed by atoms with Crippen molar-refractivity contribution in [2.24, 2.45) is 0 Å². The summed E-state index contributed by atoms with van der Waals surface area (Å²) < 4.78 is 0. The Morgan fingerprint density at radius 3 is 2.86 bits per heavy atom. The fourth-order valence-corrected chi connectivity index (χ4v) is 1.44. The van der Waals surface area contributed by atoms with Crippen LogP contribution in [0, 0.1) is 0 Å². The van der Waals surface area contributed by atoms with Crippen molar-refractivity contribution >= 4 is 5.69 Å². The first-order valence-electron chi connectivity index (χ1n) is 5.13. The molecule has 0 atom stereocenters. The Bertz CT molecular complexity index is 301. The van der Waals surface area contributed by atoms with Crippen LogP contribution in [0.3, 0.4) is 0 Å². The second-order valence-corrected chi connectivity index (χ2v) is 4.32. The first kappa shape index (κ1) is 9.46. The smallest absolute Gasteiger partial charge is 0.0501 e. The Labute approximate surface area is 84.7 Å². The fourth-order valence-electron chi connectivity index (χ4n) is 1.44. The Morgan fingerprint density at radius 2 is 2.29 bits per heavy atom. The number of nitrogens with zero attached hydrogens (tertiary/aromatic N) is 1. The lowest BCUT2D eigenvalue weighted by molar-refractivity contribution is 0.539. The molecule has 3 N–H and O–H groups in total. The molecule has 0 unspecified atom stereocenters. The molecule has 0 amide bonds. The summed E-state index contributed by atoms with van der Waals surface area (Å²) in [4.78, 5) is 4.25. The van der Waals surface area contributed by atoms with Gasteiger partial charge in [-0.05, 0) is 31.9 Å². The summed E-state index contributed by atoms with van der Waals surface area (Å²) in [7, 11) is 0. The Hall–Kier alpha value is -1.09. The minimum absolute atomic E-state index is 0.424. The zero-order chi connectivity index (χ0) is 10.0. The van der Waals surface area contributed by atoms with Gasteiger partial charge in [0.2, 0.25) is 0 Å². The van der Waals surface area contributed by atoms with Crippen molar-refractivity contribution in [1.82, 2.24) is 10.3 Å². The summed E-state index contributed by atoms with van der Waals surface area (Å²) in [5, 5.41) is 3.52. The molecule has 1 aliphatic rings. The highest BCUT2D eigenvalue weighted by Crippen LogP contribution is 2.33. The minimum Gasteiger partial charge on any atom is -0.397 e. The van der Waals surface area contributed by atoms with Crippen molar-refractivity contribution in [3.8, 4) is 0 Å². The van der Waals surface area contributed by atoms with E-state index in [9.17, 15) is 0 Å². The number of pyridine rings is 1. The average Bonchev–Trinajstić information content (AvgIpc) is 2.88. The Balaban J connectivity index is 1.77. The van der Waals surface area contributed by atoms with Gasteiger partial charge in [-0.15, -0.1) is 0 Å². The van der Waals surface area contributed by atoms with E-state index in [2.05, 4.69) is 17.2 Å². The van der Waals surface area contributed by atoms with Crippen molar-refractivity contribution in [1.29, 1.82) is 0 Å². The predicted octanol–water partition coefficient (Wildman–Crippen LogP) is 1.35. The molecule has 0 aromatic carbocycles. The molecule has 1 heterocycles. The van der Waals surface area contributed by atoms with Crippen LogP contribution in [0.4, 0.5) is 5.69 Å². The topological polar surface area (TPSA) is 50.9 Å². The number of hydrogen-bond donors (Lipinski definition) is 2. The number of nitrogens with one attached hydrogen (secondary N) is 1. The van der Waals surface area contributed by atoms with E-state index in [4.69, 9.17) is 5.73 Å².